The first-order valence-corrected chi connectivity index (χ1v) is 11.1. The number of rotatable bonds is 6. The Morgan fingerprint density at radius 3 is 2.47 bits per heavy atom. The van der Waals surface area contributed by atoms with E-state index in [0.29, 0.717) is 17.1 Å². The Morgan fingerprint density at radius 1 is 0.967 bits per heavy atom. The van der Waals surface area contributed by atoms with Crippen molar-refractivity contribution in [1.29, 1.82) is 0 Å². The lowest BCUT2D eigenvalue weighted by Gasteiger charge is -2.13. The van der Waals surface area contributed by atoms with Crippen LogP contribution >= 0.6 is 0 Å². The molecule has 30 heavy (non-hydrogen) atoms. The second-order valence-electron chi connectivity index (χ2n) is 7.27. The van der Waals surface area contributed by atoms with Crippen molar-refractivity contribution < 1.29 is 8.42 Å². The summed E-state index contributed by atoms with van der Waals surface area (Å²) in [6.45, 7) is 6.32. The molecule has 0 saturated carbocycles. The molecule has 7 nitrogen and oxygen atoms in total. The van der Waals surface area contributed by atoms with Crippen LogP contribution in [0.3, 0.4) is 0 Å². The van der Waals surface area contributed by atoms with Gasteiger partial charge in [-0.15, -0.1) is 0 Å². The van der Waals surface area contributed by atoms with Crippen molar-refractivity contribution >= 4 is 21.2 Å². The van der Waals surface area contributed by atoms with E-state index in [-0.39, 0.29) is 6.54 Å². The number of pyridine rings is 2. The molecule has 3 aromatic heterocycles. The molecule has 0 unspecified atom stereocenters. The van der Waals surface area contributed by atoms with Crippen molar-refractivity contribution in [2.45, 2.75) is 32.2 Å². The van der Waals surface area contributed by atoms with E-state index in [0.717, 1.165) is 33.6 Å². The Labute approximate surface area is 175 Å². The third-order valence-electron chi connectivity index (χ3n) is 5.15. The van der Waals surface area contributed by atoms with Gasteiger partial charge in [-0.2, -0.15) is 0 Å². The van der Waals surface area contributed by atoms with Gasteiger partial charge >= 0.3 is 0 Å². The van der Waals surface area contributed by atoms with Crippen LogP contribution in [0.5, 0.6) is 0 Å². The molecule has 0 radical (unpaired) electrons. The van der Waals surface area contributed by atoms with E-state index < -0.39 is 10.0 Å². The summed E-state index contributed by atoms with van der Waals surface area (Å²) in [5.41, 5.74) is 5.13. The largest absolute Gasteiger partial charge is 0.307 e. The van der Waals surface area contributed by atoms with E-state index in [9.17, 15) is 8.42 Å². The van der Waals surface area contributed by atoms with E-state index in [2.05, 4.69) is 19.7 Å². The van der Waals surface area contributed by atoms with Gasteiger partial charge in [0.15, 0.2) is 5.65 Å². The number of sulfonamides is 1. The molecular formula is C22H23N5O2S. The molecule has 0 aliphatic carbocycles. The minimum atomic E-state index is -3.63. The predicted octanol–water partition coefficient (Wildman–Crippen LogP) is 3.40. The van der Waals surface area contributed by atoms with Crippen molar-refractivity contribution in [2.75, 3.05) is 6.54 Å². The van der Waals surface area contributed by atoms with Crippen LogP contribution in [0.2, 0.25) is 0 Å². The van der Waals surface area contributed by atoms with E-state index in [1.165, 1.54) is 0 Å². The van der Waals surface area contributed by atoms with Crippen LogP contribution in [-0.4, -0.2) is 34.5 Å². The van der Waals surface area contributed by atoms with Crippen LogP contribution < -0.4 is 4.72 Å². The molecule has 0 fully saturated rings. The highest BCUT2D eigenvalue weighted by atomic mass is 32.2. The molecule has 0 aliphatic rings. The molecule has 0 atom stereocenters. The lowest BCUT2D eigenvalue weighted by Crippen LogP contribution is -2.28. The zero-order chi connectivity index (χ0) is 21.3. The Morgan fingerprint density at radius 2 is 1.70 bits per heavy atom. The summed E-state index contributed by atoms with van der Waals surface area (Å²) < 4.78 is 30.5. The zero-order valence-corrected chi connectivity index (χ0v) is 17.9. The second kappa shape index (κ2) is 7.97. The van der Waals surface area contributed by atoms with Crippen molar-refractivity contribution in [1.82, 2.24) is 24.2 Å². The lowest BCUT2D eigenvalue weighted by atomic mass is 10.1. The van der Waals surface area contributed by atoms with Gasteiger partial charge in [0.2, 0.25) is 10.0 Å². The summed E-state index contributed by atoms with van der Waals surface area (Å²) in [5.74, 6) is 0.729. The second-order valence-corrected chi connectivity index (χ2v) is 9.00. The molecule has 4 aromatic rings. The molecular weight excluding hydrogens is 398 g/mol. The van der Waals surface area contributed by atoms with Gasteiger partial charge in [0.25, 0.3) is 0 Å². The van der Waals surface area contributed by atoms with Gasteiger partial charge in [-0.05, 0) is 67.8 Å². The zero-order valence-electron chi connectivity index (χ0n) is 17.1. The molecule has 0 bridgehead atoms. The van der Waals surface area contributed by atoms with Gasteiger partial charge in [0.1, 0.15) is 11.3 Å². The monoisotopic (exact) mass is 421 g/mol. The highest BCUT2D eigenvalue weighted by Crippen LogP contribution is 2.23. The average molecular weight is 422 g/mol. The van der Waals surface area contributed by atoms with Gasteiger partial charge < -0.3 is 4.57 Å². The van der Waals surface area contributed by atoms with Crippen LogP contribution in [0.4, 0.5) is 0 Å². The number of hydrogen-bond acceptors (Lipinski definition) is 5. The number of nitrogens with zero attached hydrogens (tertiary/aromatic N) is 4. The molecule has 1 N–H and O–H groups in total. The van der Waals surface area contributed by atoms with E-state index in [1.807, 2.05) is 55.7 Å². The Bertz CT molecular complexity index is 1310. The molecule has 154 valence electrons. The number of aryl methyl sites for hydroxylation is 3. The number of fused-ring (bicyclic) bond motifs is 1. The summed E-state index contributed by atoms with van der Waals surface area (Å²) >= 11 is 0. The molecule has 8 heteroatoms. The fourth-order valence-corrected chi connectivity index (χ4v) is 4.82. The van der Waals surface area contributed by atoms with E-state index in [4.69, 9.17) is 0 Å². The summed E-state index contributed by atoms with van der Waals surface area (Å²) in [5, 5.41) is 0. The van der Waals surface area contributed by atoms with Gasteiger partial charge in [-0.1, -0.05) is 6.07 Å². The average Bonchev–Trinajstić information content (AvgIpc) is 3.10. The quantitative estimate of drug-likeness (QED) is 0.515. The topological polar surface area (TPSA) is 89.8 Å². The van der Waals surface area contributed by atoms with Crippen molar-refractivity contribution in [2.24, 2.45) is 0 Å². The Hall–Kier alpha value is -3.10. The molecule has 0 amide bonds. The van der Waals surface area contributed by atoms with Crippen LogP contribution in [0.25, 0.3) is 22.6 Å². The van der Waals surface area contributed by atoms with Gasteiger partial charge in [-0.25, -0.2) is 23.1 Å². The minimum Gasteiger partial charge on any atom is -0.307 e. The van der Waals surface area contributed by atoms with Crippen molar-refractivity contribution in [3.8, 4) is 11.4 Å². The highest BCUT2D eigenvalue weighted by Gasteiger charge is 2.19. The summed E-state index contributed by atoms with van der Waals surface area (Å²) in [4.78, 5) is 13.5. The minimum absolute atomic E-state index is 0.217. The maximum absolute atomic E-state index is 12.9. The fourth-order valence-electron chi connectivity index (χ4n) is 3.48. The number of aromatic nitrogens is 4. The van der Waals surface area contributed by atoms with E-state index >= 15 is 0 Å². The highest BCUT2D eigenvalue weighted by molar-refractivity contribution is 7.89. The molecule has 4 rings (SSSR count). The summed E-state index contributed by atoms with van der Waals surface area (Å²) in [6.07, 6.45) is 5.12. The SMILES string of the molecule is Cc1cc(C)c(S(=O)(=O)NCCn2c(-c3ccncc3)nc3cccnc32)cc1C. The maximum atomic E-state index is 12.9. The first kappa shape index (κ1) is 20.2. The third-order valence-corrected chi connectivity index (χ3v) is 6.75. The maximum Gasteiger partial charge on any atom is 0.240 e. The van der Waals surface area contributed by atoms with Crippen LogP contribution in [-0.2, 0) is 16.6 Å². The molecule has 0 spiro atoms. The number of nitrogens with one attached hydrogen (secondary N) is 1. The number of imidazole rings is 1. The molecule has 0 saturated heterocycles. The number of hydrogen-bond donors (Lipinski definition) is 1. The van der Waals surface area contributed by atoms with Gasteiger partial charge in [0.05, 0.1) is 4.90 Å². The standard InChI is InChI=1S/C22H23N5O2S/c1-15-13-17(3)20(14-16(15)2)30(28,29)25-11-12-27-21(18-6-9-23-10-7-18)26-19-5-4-8-24-22(19)27/h4-10,13-14,25H,11-12H2,1-3H3. The molecule has 3 heterocycles. The lowest BCUT2D eigenvalue weighted by molar-refractivity contribution is 0.573. The van der Waals surface area contributed by atoms with Crippen molar-refractivity contribution in [3.63, 3.8) is 0 Å². The smallest absolute Gasteiger partial charge is 0.240 e. The first-order valence-electron chi connectivity index (χ1n) is 9.66. The van der Waals surface area contributed by atoms with Crippen LogP contribution in [0.1, 0.15) is 16.7 Å². The van der Waals surface area contributed by atoms with Crippen LogP contribution in [0, 0.1) is 20.8 Å². The third kappa shape index (κ3) is 3.83. The van der Waals surface area contributed by atoms with Gasteiger partial charge in [-0.3, -0.25) is 4.98 Å². The van der Waals surface area contributed by atoms with E-state index in [1.54, 1.807) is 24.7 Å². The predicted molar refractivity (Wildman–Crippen MR) is 117 cm³/mol. The van der Waals surface area contributed by atoms with Crippen molar-refractivity contribution in [3.05, 3.63) is 71.7 Å². The summed E-state index contributed by atoms with van der Waals surface area (Å²) in [7, 11) is -3.63. The normalized spacial score (nSPS) is 11.8. The Balaban J connectivity index is 1.62. The first-order chi connectivity index (χ1) is 14.4. The Kier molecular flexibility index (Phi) is 5.36. The number of benzene rings is 1. The van der Waals surface area contributed by atoms with Gasteiger partial charge in [0, 0.05) is 37.2 Å². The molecule has 1 aromatic carbocycles. The molecule has 0 aliphatic heterocycles. The fraction of sp³-hybridized carbons (Fsp3) is 0.227. The summed E-state index contributed by atoms with van der Waals surface area (Å²) in [6, 6.07) is 11.1. The van der Waals surface area contributed by atoms with Crippen LogP contribution in [0.15, 0.2) is 59.9 Å².